The largest absolute Gasteiger partial charge is 0.462 e. The highest BCUT2D eigenvalue weighted by atomic mass is 16.5. The highest BCUT2D eigenvalue weighted by Crippen LogP contribution is 2.46. The Labute approximate surface area is 192 Å². The SMILES string of the molecule is CCOC(=O)c1cccc(NC(=O)[C@@H]2c3ccccc3C(=O)N3CCc4ccccc4[C@@H]23)c1. The first-order chi connectivity index (χ1) is 16.1. The number of anilines is 1. The Morgan fingerprint density at radius 3 is 2.58 bits per heavy atom. The number of nitrogens with zero attached hydrogens (tertiary/aromatic N) is 1. The molecule has 6 heteroatoms. The number of rotatable bonds is 4. The maximum absolute atomic E-state index is 13.7. The minimum atomic E-state index is -0.577. The van der Waals surface area contributed by atoms with E-state index in [1.54, 1.807) is 37.3 Å². The monoisotopic (exact) mass is 440 g/mol. The molecule has 0 bridgehead atoms. The molecule has 2 aliphatic heterocycles. The van der Waals surface area contributed by atoms with E-state index in [0.29, 0.717) is 23.4 Å². The second-order valence-corrected chi connectivity index (χ2v) is 8.25. The maximum atomic E-state index is 13.7. The van der Waals surface area contributed by atoms with Crippen LogP contribution in [0, 0.1) is 0 Å². The first kappa shape index (κ1) is 20.9. The van der Waals surface area contributed by atoms with Crippen molar-refractivity contribution in [2.45, 2.75) is 25.3 Å². The zero-order valence-corrected chi connectivity index (χ0v) is 18.3. The molecule has 0 saturated heterocycles. The van der Waals surface area contributed by atoms with E-state index in [0.717, 1.165) is 23.1 Å². The molecule has 6 nitrogen and oxygen atoms in total. The van der Waals surface area contributed by atoms with Crippen LogP contribution in [0.1, 0.15) is 56.3 Å². The van der Waals surface area contributed by atoms with Crippen molar-refractivity contribution in [2.24, 2.45) is 0 Å². The van der Waals surface area contributed by atoms with Gasteiger partial charge in [-0.15, -0.1) is 0 Å². The van der Waals surface area contributed by atoms with E-state index in [4.69, 9.17) is 4.74 Å². The maximum Gasteiger partial charge on any atom is 0.338 e. The van der Waals surface area contributed by atoms with Crippen LogP contribution in [-0.2, 0) is 16.0 Å². The van der Waals surface area contributed by atoms with Gasteiger partial charge in [0, 0.05) is 17.8 Å². The minimum Gasteiger partial charge on any atom is -0.462 e. The molecule has 2 aliphatic rings. The summed E-state index contributed by atoms with van der Waals surface area (Å²) in [5, 5.41) is 2.98. The summed E-state index contributed by atoms with van der Waals surface area (Å²) in [6.45, 7) is 2.59. The van der Waals surface area contributed by atoms with Gasteiger partial charge < -0.3 is 15.0 Å². The second kappa shape index (κ2) is 8.54. The van der Waals surface area contributed by atoms with E-state index < -0.39 is 11.9 Å². The van der Waals surface area contributed by atoms with Gasteiger partial charge in [-0.1, -0.05) is 48.5 Å². The first-order valence-electron chi connectivity index (χ1n) is 11.1. The van der Waals surface area contributed by atoms with Crippen LogP contribution in [0.3, 0.4) is 0 Å². The molecule has 2 heterocycles. The van der Waals surface area contributed by atoms with Crippen LogP contribution in [0.15, 0.2) is 72.8 Å². The van der Waals surface area contributed by atoms with Crippen molar-refractivity contribution in [1.29, 1.82) is 0 Å². The van der Waals surface area contributed by atoms with Crippen molar-refractivity contribution in [3.63, 3.8) is 0 Å². The van der Waals surface area contributed by atoms with E-state index in [2.05, 4.69) is 11.4 Å². The number of esters is 1. The van der Waals surface area contributed by atoms with Gasteiger partial charge in [-0.2, -0.15) is 0 Å². The number of benzene rings is 3. The number of hydrogen-bond donors (Lipinski definition) is 1. The quantitative estimate of drug-likeness (QED) is 0.613. The van der Waals surface area contributed by atoms with Gasteiger partial charge in [0.25, 0.3) is 5.91 Å². The first-order valence-corrected chi connectivity index (χ1v) is 11.1. The van der Waals surface area contributed by atoms with E-state index in [9.17, 15) is 14.4 Å². The van der Waals surface area contributed by atoms with Crippen LogP contribution >= 0.6 is 0 Å². The average molecular weight is 440 g/mol. The second-order valence-electron chi connectivity index (χ2n) is 8.25. The zero-order valence-electron chi connectivity index (χ0n) is 18.3. The van der Waals surface area contributed by atoms with Gasteiger partial charge in [-0.05, 0) is 54.3 Å². The Kier molecular flexibility index (Phi) is 5.42. The predicted molar refractivity (Wildman–Crippen MR) is 124 cm³/mol. The fourth-order valence-corrected chi connectivity index (χ4v) is 4.92. The summed E-state index contributed by atoms with van der Waals surface area (Å²) in [7, 11) is 0. The molecule has 33 heavy (non-hydrogen) atoms. The molecule has 0 aliphatic carbocycles. The number of nitrogens with one attached hydrogen (secondary N) is 1. The summed E-state index contributed by atoms with van der Waals surface area (Å²) in [6, 6.07) is 21.7. The summed E-state index contributed by atoms with van der Waals surface area (Å²) < 4.78 is 5.08. The Morgan fingerprint density at radius 2 is 1.76 bits per heavy atom. The molecule has 2 amide bonds. The smallest absolute Gasteiger partial charge is 0.338 e. The Morgan fingerprint density at radius 1 is 1.00 bits per heavy atom. The molecule has 3 aromatic rings. The lowest BCUT2D eigenvalue weighted by Crippen LogP contribution is -2.49. The molecule has 0 radical (unpaired) electrons. The van der Waals surface area contributed by atoms with E-state index in [1.807, 2.05) is 41.3 Å². The fourth-order valence-electron chi connectivity index (χ4n) is 4.92. The molecule has 0 saturated carbocycles. The average Bonchev–Trinajstić information content (AvgIpc) is 2.84. The van der Waals surface area contributed by atoms with E-state index in [1.165, 1.54) is 0 Å². The van der Waals surface area contributed by atoms with Gasteiger partial charge in [0.1, 0.15) is 0 Å². The molecule has 5 rings (SSSR count). The molecule has 0 fully saturated rings. The fraction of sp³-hybridized carbons (Fsp3) is 0.222. The molecule has 3 aromatic carbocycles. The highest BCUT2D eigenvalue weighted by Gasteiger charge is 2.46. The van der Waals surface area contributed by atoms with Crippen molar-refractivity contribution in [1.82, 2.24) is 4.90 Å². The molecule has 0 spiro atoms. The van der Waals surface area contributed by atoms with Crippen LogP contribution in [0.2, 0.25) is 0 Å². The molecule has 1 N–H and O–H groups in total. The molecule has 0 aromatic heterocycles. The number of carbonyl (C=O) groups excluding carboxylic acids is 3. The number of fused-ring (bicyclic) bond motifs is 4. The van der Waals surface area contributed by atoms with Crippen molar-refractivity contribution < 1.29 is 19.1 Å². The minimum absolute atomic E-state index is 0.0431. The van der Waals surface area contributed by atoms with Gasteiger partial charge in [-0.3, -0.25) is 9.59 Å². The molecule has 166 valence electrons. The molecule has 0 unspecified atom stereocenters. The van der Waals surface area contributed by atoms with Crippen LogP contribution in [0.25, 0.3) is 0 Å². The predicted octanol–water partition coefficient (Wildman–Crippen LogP) is 4.34. The lowest BCUT2D eigenvalue weighted by atomic mass is 9.76. The lowest BCUT2D eigenvalue weighted by molar-refractivity contribution is -0.119. The summed E-state index contributed by atoms with van der Waals surface area (Å²) in [5.41, 5.74) is 4.34. The third kappa shape index (κ3) is 3.67. The standard InChI is InChI=1S/C27H24N2O4/c1-2-33-27(32)18-9-7-10-19(16-18)28-25(30)23-21-12-5-6-13-22(21)26(31)29-15-14-17-8-3-4-11-20(17)24(23)29/h3-13,16,23-24H,2,14-15H2,1H3,(H,28,30)/t23-,24+/m1/s1. The van der Waals surface area contributed by atoms with Gasteiger partial charge in [0.2, 0.25) is 5.91 Å². The normalized spacial score (nSPS) is 18.6. The Balaban J connectivity index is 1.55. The van der Waals surface area contributed by atoms with Gasteiger partial charge >= 0.3 is 5.97 Å². The van der Waals surface area contributed by atoms with Crippen molar-refractivity contribution >= 4 is 23.5 Å². The summed E-state index contributed by atoms with van der Waals surface area (Å²) in [6.07, 6.45) is 0.760. The topological polar surface area (TPSA) is 75.7 Å². The number of ether oxygens (including phenoxy) is 1. The van der Waals surface area contributed by atoms with Crippen LogP contribution in [0.4, 0.5) is 5.69 Å². The molecular weight excluding hydrogens is 416 g/mol. The van der Waals surface area contributed by atoms with E-state index in [-0.39, 0.29) is 24.5 Å². The summed E-state index contributed by atoms with van der Waals surface area (Å²) in [5.74, 6) is -1.28. The van der Waals surface area contributed by atoms with E-state index >= 15 is 0 Å². The van der Waals surface area contributed by atoms with Crippen LogP contribution in [-0.4, -0.2) is 35.8 Å². The molecule has 2 atom stereocenters. The zero-order chi connectivity index (χ0) is 22.9. The van der Waals surface area contributed by atoms with Crippen LogP contribution < -0.4 is 5.32 Å². The lowest BCUT2D eigenvalue weighted by Gasteiger charge is -2.45. The van der Waals surface area contributed by atoms with Crippen molar-refractivity contribution in [3.8, 4) is 0 Å². The van der Waals surface area contributed by atoms with Gasteiger partial charge in [-0.25, -0.2) is 4.79 Å². The number of amides is 2. The van der Waals surface area contributed by atoms with Gasteiger partial charge in [0.05, 0.1) is 24.1 Å². The third-order valence-corrected chi connectivity index (χ3v) is 6.36. The Bertz CT molecular complexity index is 1250. The number of hydrogen-bond acceptors (Lipinski definition) is 4. The third-order valence-electron chi connectivity index (χ3n) is 6.36. The molecular formula is C27H24N2O4. The van der Waals surface area contributed by atoms with Gasteiger partial charge in [0.15, 0.2) is 0 Å². The van der Waals surface area contributed by atoms with Crippen LogP contribution in [0.5, 0.6) is 0 Å². The van der Waals surface area contributed by atoms with Crippen molar-refractivity contribution in [2.75, 3.05) is 18.5 Å². The summed E-state index contributed by atoms with van der Waals surface area (Å²) in [4.78, 5) is 41.0. The highest BCUT2D eigenvalue weighted by molar-refractivity contribution is 6.05. The Hall–Kier alpha value is -3.93. The van der Waals surface area contributed by atoms with Crippen molar-refractivity contribution in [3.05, 3.63) is 101 Å². The summed E-state index contributed by atoms with van der Waals surface area (Å²) >= 11 is 0. The number of carbonyl (C=O) groups is 3.